The van der Waals surface area contributed by atoms with Crippen LogP contribution in [0.2, 0.25) is 0 Å². The Hall–Kier alpha value is -1.36. The average molecular weight is 363 g/mol. The lowest BCUT2D eigenvalue weighted by molar-refractivity contribution is 0.170. The summed E-state index contributed by atoms with van der Waals surface area (Å²) in [7, 11) is 0. The van der Waals surface area contributed by atoms with E-state index in [-0.39, 0.29) is 6.10 Å². The van der Waals surface area contributed by atoms with Gasteiger partial charge in [-0.05, 0) is 40.3 Å². The second kappa shape index (κ2) is 5.74. The number of ether oxygens (including phenoxy) is 1. The smallest absolute Gasteiger partial charge is 0.217 e. The van der Waals surface area contributed by atoms with Crippen molar-refractivity contribution in [2.75, 3.05) is 6.54 Å². The molecule has 2 aromatic rings. The van der Waals surface area contributed by atoms with Gasteiger partial charge in [0.15, 0.2) is 0 Å². The Kier molecular flexibility index (Phi) is 3.82. The topological polar surface area (TPSA) is 21.6 Å². The summed E-state index contributed by atoms with van der Waals surface area (Å²) in [6, 6.07) is 18.6. The maximum atomic E-state index is 6.08. The molecule has 1 atom stereocenters. The number of rotatable bonds is 2. The van der Waals surface area contributed by atoms with Gasteiger partial charge in [0.1, 0.15) is 6.10 Å². The van der Waals surface area contributed by atoms with Gasteiger partial charge >= 0.3 is 0 Å². The van der Waals surface area contributed by atoms with Crippen molar-refractivity contribution in [1.82, 2.24) is 0 Å². The maximum absolute atomic E-state index is 6.08. The summed E-state index contributed by atoms with van der Waals surface area (Å²) in [5.74, 6) is 0.769. The van der Waals surface area contributed by atoms with Crippen molar-refractivity contribution < 1.29 is 4.74 Å². The van der Waals surface area contributed by atoms with E-state index in [4.69, 9.17) is 4.74 Å². The van der Waals surface area contributed by atoms with E-state index < -0.39 is 0 Å². The second-order valence-corrected chi connectivity index (χ2v) is 5.63. The Labute approximate surface area is 126 Å². The Morgan fingerprint density at radius 3 is 2.53 bits per heavy atom. The average Bonchev–Trinajstić information content (AvgIpc) is 2.49. The molecule has 1 aliphatic rings. The van der Waals surface area contributed by atoms with Crippen LogP contribution in [0.1, 0.15) is 23.7 Å². The Morgan fingerprint density at radius 1 is 1.00 bits per heavy atom. The summed E-state index contributed by atoms with van der Waals surface area (Å²) < 4.78 is 7.26. The number of hydrogen-bond donors (Lipinski definition) is 0. The van der Waals surface area contributed by atoms with Gasteiger partial charge in [-0.2, -0.15) is 0 Å². The summed E-state index contributed by atoms with van der Waals surface area (Å²) in [5.41, 5.74) is 2.31. The van der Waals surface area contributed by atoms with E-state index in [0.29, 0.717) is 0 Å². The van der Waals surface area contributed by atoms with Gasteiger partial charge in [-0.1, -0.05) is 42.5 Å². The molecule has 1 heterocycles. The first-order chi connectivity index (χ1) is 9.34. The molecule has 0 unspecified atom stereocenters. The Balaban J connectivity index is 1.86. The van der Waals surface area contributed by atoms with Crippen LogP contribution in [0.4, 0.5) is 0 Å². The second-order valence-electron chi connectivity index (χ2n) is 4.47. The van der Waals surface area contributed by atoms with Gasteiger partial charge in [-0.25, -0.2) is 0 Å². The minimum absolute atomic E-state index is 0.115. The van der Waals surface area contributed by atoms with Crippen LogP contribution in [-0.2, 0) is 4.74 Å². The van der Waals surface area contributed by atoms with Crippen LogP contribution < -0.4 is 0 Å². The van der Waals surface area contributed by atoms with Crippen LogP contribution in [0.15, 0.2) is 59.6 Å². The first kappa shape index (κ1) is 12.7. The van der Waals surface area contributed by atoms with Crippen molar-refractivity contribution >= 4 is 28.5 Å². The summed E-state index contributed by atoms with van der Waals surface area (Å²) >= 11 is 2.32. The van der Waals surface area contributed by atoms with E-state index in [1.54, 1.807) is 0 Å². The lowest BCUT2D eigenvalue weighted by Crippen LogP contribution is -2.19. The summed E-state index contributed by atoms with van der Waals surface area (Å²) in [6.07, 6.45) is 1.06. The predicted octanol–water partition coefficient (Wildman–Crippen LogP) is 4.20. The molecule has 0 radical (unpaired) electrons. The summed E-state index contributed by atoms with van der Waals surface area (Å²) in [5, 5.41) is 0. The molecule has 0 fully saturated rings. The molecule has 3 heteroatoms. The van der Waals surface area contributed by atoms with E-state index in [1.165, 1.54) is 9.13 Å². The van der Waals surface area contributed by atoms with Crippen LogP contribution in [0, 0.1) is 3.57 Å². The minimum atomic E-state index is 0.115. The number of hydrogen-bond acceptors (Lipinski definition) is 2. The molecule has 0 N–H and O–H groups in total. The Bertz CT molecular complexity index is 595. The van der Waals surface area contributed by atoms with E-state index in [9.17, 15) is 0 Å². The van der Waals surface area contributed by atoms with Crippen LogP contribution in [0.5, 0.6) is 0 Å². The fraction of sp³-hybridized carbons (Fsp3) is 0.188. The van der Waals surface area contributed by atoms with Gasteiger partial charge in [0.25, 0.3) is 0 Å². The van der Waals surface area contributed by atoms with Crippen molar-refractivity contribution in [2.24, 2.45) is 4.99 Å². The lowest BCUT2D eigenvalue weighted by Gasteiger charge is -2.24. The molecule has 0 aliphatic carbocycles. The highest BCUT2D eigenvalue weighted by Gasteiger charge is 2.21. The van der Waals surface area contributed by atoms with Gasteiger partial charge in [-0.3, -0.25) is 4.99 Å². The molecule has 0 bridgehead atoms. The molecule has 96 valence electrons. The van der Waals surface area contributed by atoms with Gasteiger partial charge in [0, 0.05) is 22.1 Å². The third kappa shape index (κ3) is 2.81. The van der Waals surface area contributed by atoms with Crippen LogP contribution in [0.25, 0.3) is 0 Å². The monoisotopic (exact) mass is 363 g/mol. The van der Waals surface area contributed by atoms with E-state index in [2.05, 4.69) is 64.0 Å². The van der Waals surface area contributed by atoms with Crippen molar-refractivity contribution in [3.05, 3.63) is 69.3 Å². The van der Waals surface area contributed by atoms with Crippen molar-refractivity contribution in [2.45, 2.75) is 12.5 Å². The number of benzene rings is 2. The summed E-state index contributed by atoms with van der Waals surface area (Å²) in [6.45, 7) is 0.819. The van der Waals surface area contributed by atoms with Crippen molar-refractivity contribution in [3.63, 3.8) is 0 Å². The zero-order chi connectivity index (χ0) is 13.1. The number of nitrogens with zero attached hydrogens (tertiary/aromatic N) is 1. The first-order valence-corrected chi connectivity index (χ1v) is 7.43. The largest absolute Gasteiger partial charge is 0.469 e. The SMILES string of the molecule is Ic1ccccc1C1=NCC[C@@H](c2ccccc2)O1. The van der Waals surface area contributed by atoms with Gasteiger partial charge < -0.3 is 4.74 Å². The predicted molar refractivity (Wildman–Crippen MR) is 85.4 cm³/mol. The van der Waals surface area contributed by atoms with Crippen molar-refractivity contribution in [1.29, 1.82) is 0 Å². The van der Waals surface area contributed by atoms with E-state index in [0.717, 1.165) is 24.4 Å². The van der Waals surface area contributed by atoms with Crippen molar-refractivity contribution in [3.8, 4) is 0 Å². The lowest BCUT2D eigenvalue weighted by atomic mass is 10.1. The molecule has 0 saturated heterocycles. The van der Waals surface area contributed by atoms with Crippen LogP contribution in [0.3, 0.4) is 0 Å². The third-order valence-electron chi connectivity index (χ3n) is 3.18. The fourth-order valence-corrected chi connectivity index (χ4v) is 2.82. The zero-order valence-electron chi connectivity index (χ0n) is 10.4. The third-order valence-corrected chi connectivity index (χ3v) is 4.12. The molecule has 0 amide bonds. The minimum Gasteiger partial charge on any atom is -0.469 e. The molecule has 0 saturated carbocycles. The van der Waals surface area contributed by atoms with E-state index >= 15 is 0 Å². The zero-order valence-corrected chi connectivity index (χ0v) is 12.6. The molecule has 3 rings (SSSR count). The molecule has 0 spiro atoms. The van der Waals surface area contributed by atoms with Gasteiger partial charge in [0.05, 0.1) is 0 Å². The fourth-order valence-electron chi connectivity index (χ4n) is 2.20. The first-order valence-electron chi connectivity index (χ1n) is 6.35. The van der Waals surface area contributed by atoms with Crippen LogP contribution >= 0.6 is 22.6 Å². The van der Waals surface area contributed by atoms with Gasteiger partial charge in [0.2, 0.25) is 5.90 Å². The molecule has 0 aromatic heterocycles. The van der Waals surface area contributed by atoms with Crippen LogP contribution in [-0.4, -0.2) is 12.4 Å². The van der Waals surface area contributed by atoms with E-state index in [1.807, 2.05) is 18.2 Å². The highest BCUT2D eigenvalue weighted by atomic mass is 127. The molecule has 2 nitrogen and oxygen atoms in total. The normalized spacial score (nSPS) is 18.6. The number of aliphatic imine (C=N–C) groups is 1. The molecular weight excluding hydrogens is 349 g/mol. The molecule has 19 heavy (non-hydrogen) atoms. The quantitative estimate of drug-likeness (QED) is 0.733. The highest BCUT2D eigenvalue weighted by molar-refractivity contribution is 14.1. The molecule has 1 aliphatic heterocycles. The summed E-state index contributed by atoms with van der Waals surface area (Å²) in [4.78, 5) is 4.53. The maximum Gasteiger partial charge on any atom is 0.217 e. The standard InChI is InChI=1S/C16H14INO/c17-14-9-5-4-8-13(14)16-18-11-10-15(19-16)12-6-2-1-3-7-12/h1-9,15H,10-11H2/t15-/m0/s1. The highest BCUT2D eigenvalue weighted by Crippen LogP contribution is 2.27. The van der Waals surface area contributed by atoms with Gasteiger partial charge in [-0.15, -0.1) is 0 Å². The Morgan fingerprint density at radius 2 is 1.74 bits per heavy atom. The number of halogens is 1. The molecule has 2 aromatic carbocycles. The molecular formula is C16H14INO.